The highest BCUT2D eigenvalue weighted by molar-refractivity contribution is 5.20. The van der Waals surface area contributed by atoms with Gasteiger partial charge < -0.3 is 10.1 Å². The maximum Gasteiger partial charge on any atom is 0.119 e. The van der Waals surface area contributed by atoms with E-state index < -0.39 is 0 Å². The van der Waals surface area contributed by atoms with Gasteiger partial charge in [0.1, 0.15) is 5.75 Å². The molecule has 2 fully saturated rings. The number of para-hydroxylation sites is 1. The molecule has 116 valence electrons. The van der Waals surface area contributed by atoms with Gasteiger partial charge in [0.25, 0.3) is 0 Å². The molecule has 1 heterocycles. The molecule has 2 aliphatic rings. The summed E-state index contributed by atoms with van der Waals surface area (Å²) in [4.78, 5) is 2.71. The van der Waals surface area contributed by atoms with Crippen LogP contribution in [0.15, 0.2) is 30.3 Å². The van der Waals surface area contributed by atoms with Crippen molar-refractivity contribution in [2.45, 2.75) is 44.7 Å². The number of ether oxygens (including phenoxy) is 1. The number of benzene rings is 1. The van der Waals surface area contributed by atoms with Crippen molar-refractivity contribution in [3.63, 3.8) is 0 Å². The van der Waals surface area contributed by atoms with Crippen LogP contribution >= 0.6 is 0 Å². The zero-order valence-electron chi connectivity index (χ0n) is 13.3. The molecule has 3 heteroatoms. The van der Waals surface area contributed by atoms with Crippen LogP contribution in [0.25, 0.3) is 0 Å². The molecule has 1 saturated carbocycles. The lowest BCUT2D eigenvalue weighted by atomic mass is 9.89. The number of hydrogen-bond acceptors (Lipinski definition) is 3. The molecule has 0 amide bonds. The van der Waals surface area contributed by atoms with E-state index in [1.165, 1.54) is 19.4 Å². The van der Waals surface area contributed by atoms with Crippen LogP contribution in [0.2, 0.25) is 0 Å². The summed E-state index contributed by atoms with van der Waals surface area (Å²) in [6, 6.07) is 10.7. The highest BCUT2D eigenvalue weighted by atomic mass is 16.5. The average Bonchev–Trinajstić information content (AvgIpc) is 3.33. The van der Waals surface area contributed by atoms with Crippen molar-refractivity contribution in [3.8, 4) is 5.75 Å². The Labute approximate surface area is 128 Å². The van der Waals surface area contributed by atoms with Crippen LogP contribution in [0.1, 0.15) is 33.1 Å². The lowest BCUT2D eigenvalue weighted by molar-refractivity contribution is 0.0344. The Hall–Kier alpha value is -1.06. The van der Waals surface area contributed by atoms with E-state index in [1.807, 2.05) is 30.3 Å². The number of rotatable bonds is 6. The maximum atomic E-state index is 5.83. The Morgan fingerprint density at radius 1 is 1.29 bits per heavy atom. The summed E-state index contributed by atoms with van der Waals surface area (Å²) in [7, 11) is 0. The molecule has 21 heavy (non-hydrogen) atoms. The van der Waals surface area contributed by atoms with Crippen molar-refractivity contribution in [2.75, 3.05) is 26.2 Å². The molecule has 1 aliphatic carbocycles. The van der Waals surface area contributed by atoms with Gasteiger partial charge in [-0.2, -0.15) is 0 Å². The molecule has 3 rings (SSSR count). The first kappa shape index (κ1) is 14.9. The van der Waals surface area contributed by atoms with Gasteiger partial charge in [-0.3, -0.25) is 4.90 Å². The topological polar surface area (TPSA) is 24.5 Å². The summed E-state index contributed by atoms with van der Waals surface area (Å²) in [5.41, 5.74) is 0.360. The van der Waals surface area contributed by atoms with Gasteiger partial charge in [0.05, 0.1) is 6.61 Å². The van der Waals surface area contributed by atoms with E-state index in [-0.39, 0.29) is 0 Å². The molecule has 1 saturated heterocycles. The monoisotopic (exact) mass is 288 g/mol. The van der Waals surface area contributed by atoms with E-state index in [2.05, 4.69) is 24.1 Å². The Kier molecular flexibility index (Phi) is 4.51. The van der Waals surface area contributed by atoms with Crippen molar-refractivity contribution >= 4 is 0 Å². The van der Waals surface area contributed by atoms with E-state index in [0.717, 1.165) is 37.8 Å². The summed E-state index contributed by atoms with van der Waals surface area (Å²) >= 11 is 0. The summed E-state index contributed by atoms with van der Waals surface area (Å²) in [6.45, 7) is 8.99. The lowest BCUT2D eigenvalue weighted by Gasteiger charge is -2.48. The van der Waals surface area contributed by atoms with Crippen LogP contribution in [-0.2, 0) is 0 Å². The first-order valence-electron chi connectivity index (χ1n) is 8.35. The Morgan fingerprint density at radius 2 is 2.05 bits per heavy atom. The summed E-state index contributed by atoms with van der Waals surface area (Å²) in [5, 5.41) is 3.67. The zero-order chi connectivity index (χ0) is 14.7. The number of hydrogen-bond donors (Lipinski definition) is 1. The standard InChI is InChI=1S/C18H28N2O/c1-15-13-20(18(2,14-19-15)16-9-10-16)11-6-12-21-17-7-4-3-5-8-17/h3-5,7-8,15-16,19H,6,9-14H2,1-2H3. The van der Waals surface area contributed by atoms with Gasteiger partial charge in [-0.25, -0.2) is 0 Å². The fraction of sp³-hybridized carbons (Fsp3) is 0.667. The first-order valence-corrected chi connectivity index (χ1v) is 8.35. The SMILES string of the molecule is CC1CN(CCCOc2ccccc2)C(C)(C2CC2)CN1. The van der Waals surface area contributed by atoms with Crippen LogP contribution in [0.5, 0.6) is 5.75 Å². The largest absolute Gasteiger partial charge is 0.494 e. The molecule has 1 aromatic rings. The smallest absolute Gasteiger partial charge is 0.119 e. The normalized spacial score (nSPS) is 30.3. The van der Waals surface area contributed by atoms with Crippen LogP contribution < -0.4 is 10.1 Å². The van der Waals surface area contributed by atoms with E-state index in [0.29, 0.717) is 11.6 Å². The minimum absolute atomic E-state index is 0.360. The third-order valence-corrected chi connectivity index (χ3v) is 5.07. The van der Waals surface area contributed by atoms with Gasteiger partial charge in [-0.05, 0) is 51.2 Å². The summed E-state index contributed by atoms with van der Waals surface area (Å²) in [6.07, 6.45) is 3.91. The molecule has 1 N–H and O–H groups in total. The summed E-state index contributed by atoms with van der Waals surface area (Å²) < 4.78 is 5.83. The number of nitrogens with zero attached hydrogens (tertiary/aromatic N) is 1. The average molecular weight is 288 g/mol. The van der Waals surface area contributed by atoms with E-state index in [1.54, 1.807) is 0 Å². The molecule has 0 radical (unpaired) electrons. The third-order valence-electron chi connectivity index (χ3n) is 5.07. The predicted octanol–water partition coefficient (Wildman–Crippen LogP) is 2.92. The minimum atomic E-state index is 0.360. The number of nitrogens with one attached hydrogen (secondary N) is 1. The summed E-state index contributed by atoms with van der Waals surface area (Å²) in [5.74, 6) is 1.88. The Bertz CT molecular complexity index is 446. The lowest BCUT2D eigenvalue weighted by Crippen LogP contribution is -2.63. The fourth-order valence-electron chi connectivity index (χ4n) is 3.51. The van der Waals surface area contributed by atoms with E-state index in [9.17, 15) is 0 Å². The first-order chi connectivity index (χ1) is 10.2. The van der Waals surface area contributed by atoms with Gasteiger partial charge in [-0.1, -0.05) is 18.2 Å². The van der Waals surface area contributed by atoms with Crippen LogP contribution in [0.4, 0.5) is 0 Å². The molecule has 2 unspecified atom stereocenters. The molecule has 1 aromatic carbocycles. The molecule has 1 aliphatic heterocycles. The molecular weight excluding hydrogens is 260 g/mol. The quantitative estimate of drug-likeness (QED) is 0.815. The second-order valence-electron chi connectivity index (χ2n) is 6.87. The van der Waals surface area contributed by atoms with Crippen molar-refractivity contribution in [2.24, 2.45) is 5.92 Å². The van der Waals surface area contributed by atoms with Gasteiger partial charge in [0.2, 0.25) is 0 Å². The molecule has 3 nitrogen and oxygen atoms in total. The Morgan fingerprint density at radius 3 is 2.76 bits per heavy atom. The van der Waals surface area contributed by atoms with Crippen molar-refractivity contribution < 1.29 is 4.74 Å². The zero-order valence-corrected chi connectivity index (χ0v) is 13.3. The minimum Gasteiger partial charge on any atom is -0.494 e. The van der Waals surface area contributed by atoms with Crippen molar-refractivity contribution in [3.05, 3.63) is 30.3 Å². The molecular formula is C18H28N2O. The highest BCUT2D eigenvalue weighted by Crippen LogP contribution is 2.43. The molecule has 0 bridgehead atoms. The van der Waals surface area contributed by atoms with Gasteiger partial charge in [-0.15, -0.1) is 0 Å². The van der Waals surface area contributed by atoms with Gasteiger partial charge in [0, 0.05) is 31.2 Å². The van der Waals surface area contributed by atoms with Gasteiger partial charge in [0.15, 0.2) is 0 Å². The number of piperazine rings is 1. The second-order valence-corrected chi connectivity index (χ2v) is 6.87. The predicted molar refractivity (Wildman–Crippen MR) is 86.7 cm³/mol. The maximum absolute atomic E-state index is 5.83. The van der Waals surface area contributed by atoms with Crippen LogP contribution in [0, 0.1) is 5.92 Å². The van der Waals surface area contributed by atoms with Gasteiger partial charge >= 0.3 is 0 Å². The van der Waals surface area contributed by atoms with E-state index >= 15 is 0 Å². The molecule has 2 atom stereocenters. The van der Waals surface area contributed by atoms with Crippen LogP contribution in [-0.4, -0.2) is 42.7 Å². The van der Waals surface area contributed by atoms with Crippen molar-refractivity contribution in [1.82, 2.24) is 10.2 Å². The third kappa shape index (κ3) is 3.58. The van der Waals surface area contributed by atoms with E-state index in [4.69, 9.17) is 4.74 Å². The highest BCUT2D eigenvalue weighted by Gasteiger charge is 2.47. The van der Waals surface area contributed by atoms with Crippen molar-refractivity contribution in [1.29, 1.82) is 0 Å². The van der Waals surface area contributed by atoms with Crippen LogP contribution in [0.3, 0.4) is 0 Å². The molecule has 0 spiro atoms. The fourth-order valence-corrected chi connectivity index (χ4v) is 3.51. The molecule has 0 aromatic heterocycles. The second kappa shape index (κ2) is 6.37. The Balaban J connectivity index is 1.48.